The average molecular weight is 409 g/mol. The molecule has 0 saturated heterocycles. The van der Waals surface area contributed by atoms with E-state index in [-0.39, 0.29) is 16.2 Å². The Balaban J connectivity index is 0.000000228. The van der Waals surface area contributed by atoms with Crippen LogP contribution in [-0.4, -0.2) is 29.4 Å². The third kappa shape index (κ3) is 6.52. The molecule has 3 saturated carbocycles. The van der Waals surface area contributed by atoms with Crippen molar-refractivity contribution >= 4 is 29.4 Å². The van der Waals surface area contributed by atoms with Gasteiger partial charge in [-0.3, -0.25) is 0 Å². The van der Waals surface area contributed by atoms with Crippen molar-refractivity contribution in [1.82, 2.24) is 0 Å². The zero-order chi connectivity index (χ0) is 19.5. The second kappa shape index (κ2) is 10.3. The third-order valence-corrected chi connectivity index (χ3v) is 9.64. The van der Waals surface area contributed by atoms with Crippen molar-refractivity contribution in [2.45, 2.75) is 84.4 Å². The molecular weight excluding hydrogens is 364 g/mol. The smallest absolute Gasteiger partial charge is 0.123 e. The Morgan fingerprint density at radius 1 is 0.815 bits per heavy atom. The molecule has 0 N–H and O–H groups in total. The lowest BCUT2D eigenvalue weighted by atomic mass is 9.90. The van der Waals surface area contributed by atoms with E-state index >= 15 is 0 Å². The highest BCUT2D eigenvalue weighted by atomic mass is 28.3. The van der Waals surface area contributed by atoms with Gasteiger partial charge in [-0.05, 0) is 61.3 Å². The second-order valence-electron chi connectivity index (χ2n) is 10.8. The van der Waals surface area contributed by atoms with Crippen molar-refractivity contribution in [2.24, 2.45) is 35.5 Å². The fraction of sp³-hybridized carbons (Fsp3) is 0.826. The second-order valence-corrected chi connectivity index (χ2v) is 19.7. The molecule has 4 bridgehead atoms. The molecule has 0 aromatic heterocycles. The highest BCUT2D eigenvalue weighted by molar-refractivity contribution is 6.77. The molecule has 0 aliphatic heterocycles. The molecule has 3 fully saturated rings. The van der Waals surface area contributed by atoms with E-state index in [2.05, 4.69) is 51.4 Å². The van der Waals surface area contributed by atoms with Crippen molar-refractivity contribution in [2.75, 3.05) is 0 Å². The van der Waals surface area contributed by atoms with Gasteiger partial charge in [0.2, 0.25) is 0 Å². The summed E-state index contributed by atoms with van der Waals surface area (Å²) in [4.78, 5) is 21.1. The minimum atomic E-state index is -0.936. The zero-order valence-electron chi connectivity index (χ0n) is 17.8. The average Bonchev–Trinajstić information content (AvgIpc) is 3.32. The maximum Gasteiger partial charge on any atom is 0.123 e. The predicted octanol–water partition coefficient (Wildman–Crippen LogP) is 6.08. The summed E-state index contributed by atoms with van der Waals surface area (Å²) in [6.45, 7) is 14.4. The van der Waals surface area contributed by atoms with Crippen LogP contribution in [0.3, 0.4) is 0 Å². The van der Waals surface area contributed by atoms with Gasteiger partial charge in [-0.2, -0.15) is 0 Å². The van der Waals surface area contributed by atoms with Crippen LogP contribution in [0.5, 0.6) is 0 Å². The Morgan fingerprint density at radius 2 is 1.41 bits per heavy atom. The van der Waals surface area contributed by atoms with Crippen molar-refractivity contribution in [3.8, 4) is 0 Å². The molecule has 156 valence electrons. The van der Waals surface area contributed by atoms with Crippen LogP contribution in [0.1, 0.15) is 39.5 Å². The highest BCUT2D eigenvalue weighted by Gasteiger charge is 2.49. The summed E-state index contributed by atoms with van der Waals surface area (Å²) in [5.41, 5.74) is 1.01. The molecule has 2 nitrogen and oxygen atoms in total. The first kappa shape index (κ1) is 24.6. The fourth-order valence-corrected chi connectivity index (χ4v) is 8.22. The maximum absolute atomic E-state index is 10.8. The summed E-state index contributed by atoms with van der Waals surface area (Å²) in [7, 11) is -1.07. The number of fused-ring (bicyclic) bond motifs is 4. The molecule has 0 aromatic carbocycles. The lowest BCUT2D eigenvalue weighted by Crippen LogP contribution is -2.33. The predicted molar refractivity (Wildman–Crippen MR) is 124 cm³/mol. The molecule has 4 aliphatic carbocycles. The normalized spacial score (nSPS) is 37.8. The number of rotatable bonds is 3. The monoisotopic (exact) mass is 408 g/mol. The quantitative estimate of drug-likeness (QED) is 0.322. The molecule has 7 atom stereocenters. The van der Waals surface area contributed by atoms with Gasteiger partial charge in [0.05, 0.1) is 0 Å². The molecule has 7 unspecified atom stereocenters. The number of carbonyl (C=O) groups excluding carboxylic acids is 2. The lowest BCUT2D eigenvalue weighted by molar-refractivity contribution is -0.112. The molecule has 4 aliphatic rings. The van der Waals surface area contributed by atoms with Crippen LogP contribution in [0.2, 0.25) is 44.8 Å². The summed E-state index contributed by atoms with van der Waals surface area (Å²) >= 11 is 0. The van der Waals surface area contributed by atoms with Crippen LogP contribution >= 0.6 is 0 Å². The summed E-state index contributed by atoms with van der Waals surface area (Å²) in [5.74, 6) is 3.81. The van der Waals surface area contributed by atoms with Crippen LogP contribution < -0.4 is 0 Å². The highest BCUT2D eigenvalue weighted by Crippen LogP contribution is 2.57. The van der Waals surface area contributed by atoms with Gasteiger partial charge in [0.1, 0.15) is 12.6 Å². The minimum Gasteiger partial charge on any atom is -0.303 e. The first-order valence-corrected chi connectivity index (χ1v) is 17.8. The van der Waals surface area contributed by atoms with E-state index in [1.54, 1.807) is 0 Å². The summed E-state index contributed by atoms with van der Waals surface area (Å²) in [6.07, 6.45) is 13.1. The van der Waals surface area contributed by atoms with Crippen LogP contribution in [0, 0.1) is 35.5 Å². The third-order valence-electron chi connectivity index (χ3n) is 6.70. The van der Waals surface area contributed by atoms with E-state index in [0.717, 1.165) is 36.0 Å². The molecule has 27 heavy (non-hydrogen) atoms. The standard InChI is InChI=1S/C11H20OSi.C8H10O.C3H10Si.CH4/c1-13(2,3)11-6-8-4-9(11)5-10(8)7-12;9-5-8-4-6-1-2-7(8)3-6;1-4(2)3;/h7-11H,4-6H2,1-3H3;1-2,5-8H,3-4H2;4H,1-3H3;1H4. The van der Waals surface area contributed by atoms with Gasteiger partial charge < -0.3 is 9.59 Å². The molecular formula is C23H44O2Si2. The van der Waals surface area contributed by atoms with E-state index in [4.69, 9.17) is 0 Å². The molecule has 0 spiro atoms. The zero-order valence-corrected chi connectivity index (χ0v) is 19.9. The molecule has 0 radical (unpaired) electrons. The van der Waals surface area contributed by atoms with Gasteiger partial charge in [-0.1, -0.05) is 58.9 Å². The first-order valence-electron chi connectivity index (χ1n) is 10.7. The van der Waals surface area contributed by atoms with Crippen LogP contribution in [0.15, 0.2) is 12.2 Å². The molecule has 0 aromatic rings. The van der Waals surface area contributed by atoms with Crippen molar-refractivity contribution in [1.29, 1.82) is 0 Å². The number of hydrogen-bond donors (Lipinski definition) is 0. The number of allylic oxidation sites excluding steroid dienone is 2. The molecule has 0 heterocycles. The Bertz CT molecular complexity index is 506. The fourth-order valence-electron chi connectivity index (χ4n) is 5.53. The maximum atomic E-state index is 10.8. The van der Waals surface area contributed by atoms with E-state index in [0.29, 0.717) is 17.8 Å². The van der Waals surface area contributed by atoms with Gasteiger partial charge in [-0.25, -0.2) is 0 Å². The summed E-state index contributed by atoms with van der Waals surface area (Å²) in [6, 6.07) is 0. The molecule has 0 amide bonds. The van der Waals surface area contributed by atoms with Gasteiger partial charge >= 0.3 is 0 Å². The Morgan fingerprint density at radius 3 is 1.70 bits per heavy atom. The van der Waals surface area contributed by atoms with Gasteiger partial charge in [0, 0.05) is 28.7 Å². The SMILES string of the molecule is C.C[SiH](C)C.C[Si](C)(C)C1CC2CC1CC2C=O.O=CC1CC2C=CC1C2. The van der Waals surface area contributed by atoms with Gasteiger partial charge in [0.15, 0.2) is 0 Å². The van der Waals surface area contributed by atoms with E-state index < -0.39 is 8.07 Å². The van der Waals surface area contributed by atoms with Crippen molar-refractivity contribution < 1.29 is 9.59 Å². The number of hydrogen-bond acceptors (Lipinski definition) is 2. The first-order chi connectivity index (χ1) is 12.2. The Hall–Kier alpha value is -0.486. The number of carbonyl (C=O) groups is 2. The van der Waals surface area contributed by atoms with Crippen LogP contribution in [-0.2, 0) is 9.59 Å². The van der Waals surface area contributed by atoms with Gasteiger partial charge in [0.25, 0.3) is 0 Å². The minimum absolute atomic E-state index is 0. The van der Waals surface area contributed by atoms with Gasteiger partial charge in [-0.15, -0.1) is 0 Å². The largest absolute Gasteiger partial charge is 0.303 e. The number of aldehydes is 2. The molecule has 4 rings (SSSR count). The van der Waals surface area contributed by atoms with Crippen molar-refractivity contribution in [3.63, 3.8) is 0 Å². The van der Waals surface area contributed by atoms with Crippen molar-refractivity contribution in [3.05, 3.63) is 12.2 Å². The Labute approximate surface area is 171 Å². The van der Waals surface area contributed by atoms with E-state index in [1.807, 2.05) is 0 Å². The Kier molecular flexibility index (Phi) is 9.40. The molecule has 4 heteroatoms. The topological polar surface area (TPSA) is 34.1 Å². The lowest BCUT2D eigenvalue weighted by Gasteiger charge is -2.34. The summed E-state index contributed by atoms with van der Waals surface area (Å²) in [5, 5.41) is 0. The van der Waals surface area contributed by atoms with E-state index in [9.17, 15) is 9.59 Å². The van der Waals surface area contributed by atoms with E-state index in [1.165, 1.54) is 32.0 Å². The van der Waals surface area contributed by atoms with Crippen LogP contribution in [0.4, 0.5) is 0 Å². The van der Waals surface area contributed by atoms with Crippen LogP contribution in [0.25, 0.3) is 0 Å². The summed E-state index contributed by atoms with van der Waals surface area (Å²) < 4.78 is 0.